The molecule has 0 amide bonds. The minimum atomic E-state index is -0.932. The van der Waals surface area contributed by atoms with Gasteiger partial charge in [0.15, 0.2) is 0 Å². The van der Waals surface area contributed by atoms with E-state index in [9.17, 15) is 9.90 Å². The summed E-state index contributed by atoms with van der Waals surface area (Å²) >= 11 is 0. The van der Waals surface area contributed by atoms with Gasteiger partial charge in [-0.15, -0.1) is 0 Å². The van der Waals surface area contributed by atoms with Gasteiger partial charge in [-0.2, -0.15) is 0 Å². The fourth-order valence-electron chi connectivity index (χ4n) is 2.30. The largest absolute Gasteiger partial charge is 2.00 e. The fourth-order valence-corrected chi connectivity index (χ4v) is 2.30. The van der Waals surface area contributed by atoms with Crippen molar-refractivity contribution < 1.29 is 15.0 Å². The quantitative estimate of drug-likeness (QED) is 0.715. The molecule has 0 heterocycles. The first-order valence-corrected chi connectivity index (χ1v) is 5.05. The molecule has 0 saturated heterocycles. The van der Waals surface area contributed by atoms with E-state index < -0.39 is 17.5 Å². The van der Waals surface area contributed by atoms with Crippen molar-refractivity contribution in [2.75, 3.05) is 0 Å². The van der Waals surface area contributed by atoms with Gasteiger partial charge in [-0.05, 0) is 19.3 Å². The number of rotatable bonds is 3. The normalized spacial score (nSPS) is 22.1. The zero-order chi connectivity index (χ0) is 9.90. The van der Waals surface area contributed by atoms with E-state index in [0.717, 1.165) is 19.3 Å². The number of carbonyl (C=O) groups is 1. The second-order valence-electron chi connectivity index (χ2n) is 3.96. The summed E-state index contributed by atoms with van der Waals surface area (Å²) < 4.78 is 0. The van der Waals surface area contributed by atoms with E-state index in [4.69, 9.17) is 5.11 Å². The average molecular weight is 226 g/mol. The molecule has 2 N–H and O–H groups in total. The summed E-state index contributed by atoms with van der Waals surface area (Å²) in [5.74, 6) is -1.43. The Kier molecular flexibility index (Phi) is 6.62. The molecule has 76 valence electrons. The van der Waals surface area contributed by atoms with Crippen LogP contribution in [0.2, 0.25) is 0 Å². The fraction of sp³-hybridized carbons (Fsp3) is 0.900. The number of aliphatic carboxylic acids is 1. The van der Waals surface area contributed by atoms with E-state index in [-0.39, 0.29) is 37.7 Å². The van der Waals surface area contributed by atoms with Gasteiger partial charge in [-0.1, -0.05) is 26.2 Å². The minimum Gasteiger partial charge on any atom is -0.481 e. The van der Waals surface area contributed by atoms with E-state index in [1.807, 2.05) is 6.92 Å². The topological polar surface area (TPSA) is 57.5 Å². The molecule has 0 bridgehead atoms. The first-order chi connectivity index (χ1) is 6.10. The van der Waals surface area contributed by atoms with E-state index in [2.05, 4.69) is 0 Å². The molecule has 14 heavy (non-hydrogen) atoms. The molecule has 0 aromatic heterocycles. The Morgan fingerprint density at radius 2 is 1.86 bits per heavy atom. The molecular formula is C10H18CaO3+2. The smallest absolute Gasteiger partial charge is 0.481 e. The van der Waals surface area contributed by atoms with Crippen LogP contribution in [0.5, 0.6) is 0 Å². The second-order valence-corrected chi connectivity index (χ2v) is 3.96. The Bertz CT molecular complexity index is 188. The molecule has 0 radical (unpaired) electrons. The van der Waals surface area contributed by atoms with Gasteiger partial charge in [0.1, 0.15) is 0 Å². The summed E-state index contributed by atoms with van der Waals surface area (Å²) in [7, 11) is 0. The number of aliphatic hydroxyl groups is 1. The molecule has 1 aliphatic carbocycles. The predicted octanol–water partition coefficient (Wildman–Crippen LogP) is 1.41. The monoisotopic (exact) mass is 226 g/mol. The summed E-state index contributed by atoms with van der Waals surface area (Å²) in [6.07, 6.45) is 4.86. The van der Waals surface area contributed by atoms with Crippen LogP contribution in [0, 0.1) is 5.92 Å². The molecule has 0 spiro atoms. The maximum absolute atomic E-state index is 10.9. The van der Waals surface area contributed by atoms with Crippen LogP contribution in [-0.2, 0) is 4.79 Å². The van der Waals surface area contributed by atoms with Gasteiger partial charge >= 0.3 is 43.7 Å². The van der Waals surface area contributed by atoms with E-state index in [0.29, 0.717) is 19.3 Å². The molecule has 1 aliphatic rings. The number of hydrogen-bond donors (Lipinski definition) is 2. The van der Waals surface area contributed by atoms with Gasteiger partial charge in [0.05, 0.1) is 11.5 Å². The van der Waals surface area contributed by atoms with Gasteiger partial charge in [-0.3, -0.25) is 4.79 Å². The molecule has 3 nitrogen and oxygen atoms in total. The molecule has 0 aliphatic heterocycles. The van der Waals surface area contributed by atoms with Crippen molar-refractivity contribution in [3.8, 4) is 0 Å². The number of hydrogen-bond acceptors (Lipinski definition) is 2. The van der Waals surface area contributed by atoms with Crippen LogP contribution in [0.3, 0.4) is 0 Å². The molecule has 4 heteroatoms. The van der Waals surface area contributed by atoms with E-state index >= 15 is 0 Å². The summed E-state index contributed by atoms with van der Waals surface area (Å²) in [6.45, 7) is 1.82. The van der Waals surface area contributed by atoms with Crippen LogP contribution in [0.15, 0.2) is 0 Å². The van der Waals surface area contributed by atoms with Crippen molar-refractivity contribution in [2.24, 2.45) is 5.92 Å². The van der Waals surface area contributed by atoms with Crippen molar-refractivity contribution in [1.82, 2.24) is 0 Å². The van der Waals surface area contributed by atoms with Gasteiger partial charge in [0.25, 0.3) is 0 Å². The van der Waals surface area contributed by atoms with Crippen molar-refractivity contribution in [3.63, 3.8) is 0 Å². The predicted molar refractivity (Wildman–Crippen MR) is 55.2 cm³/mol. The molecule has 0 aromatic carbocycles. The first kappa shape index (κ1) is 14.7. The Labute approximate surface area is 115 Å². The van der Waals surface area contributed by atoms with Gasteiger partial charge in [0.2, 0.25) is 0 Å². The molecule has 1 saturated carbocycles. The van der Waals surface area contributed by atoms with Crippen LogP contribution in [0.4, 0.5) is 0 Å². The van der Waals surface area contributed by atoms with E-state index in [1.165, 1.54) is 0 Å². The van der Waals surface area contributed by atoms with Crippen LogP contribution >= 0.6 is 0 Å². The Hall–Kier alpha value is 0.690. The van der Waals surface area contributed by atoms with Crippen LogP contribution in [0.25, 0.3) is 0 Å². The third-order valence-corrected chi connectivity index (χ3v) is 3.07. The molecule has 1 unspecified atom stereocenters. The standard InChI is InChI=1S/C10H18O3.Ca/c1-2-8(9(11)12)10(13)6-4-3-5-7-10;/h8,13H,2-7H2,1H3,(H,11,12);/q;+2. The number of carboxylic acid groups (broad SMARTS) is 1. The number of carboxylic acids is 1. The zero-order valence-corrected chi connectivity index (χ0v) is 11.0. The van der Waals surface area contributed by atoms with Crippen molar-refractivity contribution in [2.45, 2.75) is 51.0 Å². The van der Waals surface area contributed by atoms with Gasteiger partial charge in [-0.25, -0.2) is 0 Å². The second kappa shape index (κ2) is 6.31. The van der Waals surface area contributed by atoms with E-state index in [1.54, 1.807) is 0 Å². The molecule has 1 rings (SSSR count). The Balaban J connectivity index is 0.00000169. The molecule has 0 aromatic rings. The van der Waals surface area contributed by atoms with Gasteiger partial charge < -0.3 is 10.2 Å². The third-order valence-electron chi connectivity index (χ3n) is 3.07. The summed E-state index contributed by atoms with van der Waals surface area (Å²) in [6, 6.07) is 0. The molecule has 1 fully saturated rings. The van der Waals surface area contributed by atoms with Crippen LogP contribution in [0.1, 0.15) is 45.4 Å². The van der Waals surface area contributed by atoms with Crippen molar-refractivity contribution >= 4 is 43.7 Å². The summed E-state index contributed by atoms with van der Waals surface area (Å²) in [5.41, 5.74) is -0.932. The maximum atomic E-state index is 10.9. The van der Waals surface area contributed by atoms with Crippen molar-refractivity contribution in [3.05, 3.63) is 0 Å². The Morgan fingerprint density at radius 3 is 2.21 bits per heavy atom. The first-order valence-electron chi connectivity index (χ1n) is 5.05. The third kappa shape index (κ3) is 3.37. The zero-order valence-electron chi connectivity index (χ0n) is 8.83. The van der Waals surface area contributed by atoms with Crippen molar-refractivity contribution in [1.29, 1.82) is 0 Å². The average Bonchev–Trinajstić information content (AvgIpc) is 2.05. The minimum absolute atomic E-state index is 0. The van der Waals surface area contributed by atoms with Crippen LogP contribution in [-0.4, -0.2) is 59.5 Å². The molecular weight excluding hydrogens is 208 g/mol. The maximum Gasteiger partial charge on any atom is 2.00 e. The van der Waals surface area contributed by atoms with Gasteiger partial charge in [0, 0.05) is 0 Å². The summed E-state index contributed by atoms with van der Waals surface area (Å²) in [5, 5.41) is 19.1. The summed E-state index contributed by atoms with van der Waals surface area (Å²) in [4.78, 5) is 10.9. The molecule has 1 atom stereocenters. The Morgan fingerprint density at radius 1 is 1.36 bits per heavy atom. The SMILES string of the molecule is CCC(C(=O)O)C1(O)CCCCC1.[Ca+2]. The van der Waals surface area contributed by atoms with Crippen LogP contribution < -0.4 is 0 Å².